The number of ether oxygens (including phenoxy) is 3. The van der Waals surface area contributed by atoms with Crippen molar-refractivity contribution in [2.75, 3.05) is 13.4 Å². The fraction of sp³-hybridized carbons (Fsp3) is 0.333. The van der Waals surface area contributed by atoms with Crippen molar-refractivity contribution in [3.8, 4) is 17.2 Å². The number of hydrogen-bond acceptors (Lipinski definition) is 3. The molecule has 0 aromatic heterocycles. The molecule has 0 N–H and O–H groups in total. The Kier molecular flexibility index (Phi) is 4.55. The van der Waals surface area contributed by atoms with Crippen LogP contribution in [0.3, 0.4) is 0 Å². The molecule has 0 aliphatic carbocycles. The van der Waals surface area contributed by atoms with Crippen molar-refractivity contribution in [3.05, 3.63) is 18.2 Å². The topological polar surface area (TPSA) is 27.7 Å². The summed E-state index contributed by atoms with van der Waals surface area (Å²) in [6.07, 6.45) is 0. The van der Waals surface area contributed by atoms with Crippen LogP contribution in [0.1, 0.15) is 6.92 Å². The van der Waals surface area contributed by atoms with E-state index >= 15 is 0 Å². The minimum atomic E-state index is 0. The van der Waals surface area contributed by atoms with E-state index in [1.54, 1.807) is 12.1 Å². The number of rotatable bonds is 2. The van der Waals surface area contributed by atoms with Crippen molar-refractivity contribution < 1.29 is 65.6 Å². The maximum absolute atomic E-state index is 5.24. The third kappa shape index (κ3) is 2.60. The molecule has 0 amide bonds. The molecule has 0 fully saturated rings. The molecule has 0 bridgehead atoms. The van der Waals surface area contributed by atoms with Crippen LogP contribution in [0.5, 0.6) is 17.2 Å². The van der Waals surface area contributed by atoms with Crippen molar-refractivity contribution in [2.24, 2.45) is 0 Å². The summed E-state index contributed by atoms with van der Waals surface area (Å²) in [5.41, 5.74) is 0. The van der Waals surface area contributed by atoms with E-state index in [-0.39, 0.29) is 51.4 Å². The van der Waals surface area contributed by atoms with E-state index in [0.29, 0.717) is 19.1 Å². The van der Waals surface area contributed by atoms with E-state index in [0.717, 1.165) is 11.5 Å². The molecule has 1 aromatic carbocycles. The van der Waals surface area contributed by atoms with Gasteiger partial charge in [0.2, 0.25) is 6.79 Å². The number of hydrogen-bond donors (Lipinski definition) is 0. The van der Waals surface area contributed by atoms with Gasteiger partial charge in [0, 0.05) is 5.75 Å². The van der Waals surface area contributed by atoms with Crippen molar-refractivity contribution >= 4 is 0 Å². The van der Waals surface area contributed by atoms with E-state index in [2.05, 4.69) is 6.07 Å². The second-order valence-corrected chi connectivity index (χ2v) is 2.37. The second kappa shape index (κ2) is 5.22. The van der Waals surface area contributed by atoms with Crippen LogP contribution in [-0.4, -0.2) is 13.4 Å². The molecule has 4 heteroatoms. The zero-order chi connectivity index (χ0) is 8.39. The number of benzene rings is 1. The van der Waals surface area contributed by atoms with Crippen molar-refractivity contribution in [1.29, 1.82) is 0 Å². The van der Waals surface area contributed by atoms with Gasteiger partial charge in [-0.15, -0.1) is 12.1 Å². The third-order valence-corrected chi connectivity index (χ3v) is 1.58. The summed E-state index contributed by atoms with van der Waals surface area (Å²) in [5.74, 6) is 2.16. The Morgan fingerprint density at radius 2 is 2.23 bits per heavy atom. The van der Waals surface area contributed by atoms with Crippen LogP contribution >= 0.6 is 0 Å². The van der Waals surface area contributed by atoms with Crippen molar-refractivity contribution in [3.63, 3.8) is 0 Å². The van der Waals surface area contributed by atoms with Gasteiger partial charge in [-0.1, -0.05) is 6.07 Å². The van der Waals surface area contributed by atoms with Crippen LogP contribution in [-0.2, 0) is 0 Å². The van der Waals surface area contributed by atoms with E-state index in [1.165, 1.54) is 0 Å². The Hall–Kier alpha value is 0.256. The summed E-state index contributed by atoms with van der Waals surface area (Å²) in [5, 5.41) is 0. The van der Waals surface area contributed by atoms with Gasteiger partial charge in [-0.2, -0.15) is 0 Å². The molecule has 0 saturated heterocycles. The minimum absolute atomic E-state index is 0. The normalized spacial score (nSPS) is 12.1. The first-order valence-corrected chi connectivity index (χ1v) is 3.84. The van der Waals surface area contributed by atoms with Gasteiger partial charge in [0.15, 0.2) is 0 Å². The van der Waals surface area contributed by atoms with Crippen LogP contribution in [0, 0.1) is 6.07 Å². The zero-order valence-corrected chi connectivity index (χ0v) is 10.9. The summed E-state index contributed by atoms with van der Waals surface area (Å²) >= 11 is 0. The summed E-state index contributed by atoms with van der Waals surface area (Å²) in [4.78, 5) is 0. The Morgan fingerprint density at radius 1 is 1.46 bits per heavy atom. The maximum Gasteiger partial charge on any atom is 1.00 e. The Morgan fingerprint density at radius 3 is 3.00 bits per heavy atom. The molecule has 3 nitrogen and oxygen atoms in total. The van der Waals surface area contributed by atoms with E-state index in [9.17, 15) is 0 Å². The van der Waals surface area contributed by atoms with Gasteiger partial charge in [0.1, 0.15) is 0 Å². The maximum atomic E-state index is 5.24. The summed E-state index contributed by atoms with van der Waals surface area (Å²) in [6.45, 7) is 2.85. The molecule has 13 heavy (non-hydrogen) atoms. The smallest absolute Gasteiger partial charge is 0.520 e. The van der Waals surface area contributed by atoms with Gasteiger partial charge in [-0.25, -0.2) is 0 Å². The van der Waals surface area contributed by atoms with E-state index in [1.807, 2.05) is 6.92 Å². The molecular formula is C9H9KO3. The largest absolute Gasteiger partial charge is 1.00 e. The molecule has 1 aliphatic rings. The van der Waals surface area contributed by atoms with E-state index in [4.69, 9.17) is 14.2 Å². The third-order valence-electron chi connectivity index (χ3n) is 1.58. The van der Waals surface area contributed by atoms with Gasteiger partial charge >= 0.3 is 51.4 Å². The van der Waals surface area contributed by atoms with Crippen LogP contribution in [0.2, 0.25) is 0 Å². The average molecular weight is 204 g/mol. The Labute approximate surface area is 120 Å². The summed E-state index contributed by atoms with van der Waals surface area (Å²) < 4.78 is 15.5. The molecule has 0 atom stereocenters. The second-order valence-electron chi connectivity index (χ2n) is 2.37. The minimum Gasteiger partial charge on any atom is -0.520 e. The molecule has 0 radical (unpaired) electrons. The fourth-order valence-corrected chi connectivity index (χ4v) is 1.06. The quantitative estimate of drug-likeness (QED) is 0.439. The van der Waals surface area contributed by atoms with E-state index < -0.39 is 0 Å². The first-order valence-electron chi connectivity index (χ1n) is 3.84. The van der Waals surface area contributed by atoms with Crippen LogP contribution in [0.25, 0.3) is 0 Å². The predicted octanol–water partition coefficient (Wildman–Crippen LogP) is -1.38. The summed E-state index contributed by atoms with van der Waals surface area (Å²) in [7, 11) is 0. The molecule has 1 aliphatic heterocycles. The SMILES string of the molecule is CCOc1[c-]cc2c(c1)OCO2.[K+]. The van der Waals surface area contributed by atoms with Crippen LogP contribution in [0.4, 0.5) is 0 Å². The molecule has 0 spiro atoms. The molecule has 0 unspecified atom stereocenters. The van der Waals surface area contributed by atoms with Gasteiger partial charge in [-0.3, -0.25) is 0 Å². The van der Waals surface area contributed by atoms with Crippen molar-refractivity contribution in [1.82, 2.24) is 0 Å². The van der Waals surface area contributed by atoms with Crippen molar-refractivity contribution in [2.45, 2.75) is 6.92 Å². The summed E-state index contributed by atoms with van der Waals surface area (Å²) in [6, 6.07) is 6.46. The van der Waals surface area contributed by atoms with Gasteiger partial charge in [0.05, 0.1) is 18.1 Å². The molecule has 1 aromatic rings. The monoisotopic (exact) mass is 204 g/mol. The first kappa shape index (κ1) is 11.3. The molecule has 1 heterocycles. The van der Waals surface area contributed by atoms with Crippen LogP contribution < -0.4 is 65.6 Å². The van der Waals surface area contributed by atoms with Gasteiger partial charge in [0.25, 0.3) is 0 Å². The van der Waals surface area contributed by atoms with Gasteiger partial charge < -0.3 is 14.2 Å². The molecule has 64 valence electrons. The molecular weight excluding hydrogens is 195 g/mol. The Bertz CT molecular complexity index is 288. The predicted molar refractivity (Wildman–Crippen MR) is 42.6 cm³/mol. The van der Waals surface area contributed by atoms with Gasteiger partial charge in [-0.05, 0) is 6.92 Å². The molecule has 2 rings (SSSR count). The van der Waals surface area contributed by atoms with Crippen LogP contribution in [0.15, 0.2) is 12.1 Å². The standard InChI is InChI=1S/C9H9O3.K/c1-2-10-7-3-4-8-9(5-7)12-6-11-8;/h4-5H,2,6H2,1H3;/q-1;+1. The first-order chi connectivity index (χ1) is 5.90. The number of fused-ring (bicyclic) bond motifs is 1. The molecule has 0 saturated carbocycles. The fourth-order valence-electron chi connectivity index (χ4n) is 1.06. The Balaban J connectivity index is 0.000000845. The average Bonchev–Trinajstić information content (AvgIpc) is 2.51. The zero-order valence-electron chi connectivity index (χ0n) is 7.79.